The Morgan fingerprint density at radius 1 is 0.333 bits per heavy atom. The Bertz CT molecular complexity index is 1360. The van der Waals surface area contributed by atoms with Crippen LogP contribution in [0.4, 0.5) is 0 Å². The number of ether oxygens (including phenoxy) is 1. The fourth-order valence-corrected chi connectivity index (χ4v) is 12.1. The van der Waals surface area contributed by atoms with Crippen LogP contribution in [0.2, 0.25) is 0 Å². The van der Waals surface area contributed by atoms with E-state index >= 15 is 0 Å². The molecule has 84 heavy (non-hydrogen) atoms. The molecule has 0 rings (SSSR count). The van der Waals surface area contributed by atoms with Gasteiger partial charge in [0.1, 0.15) is 0 Å². The van der Waals surface area contributed by atoms with Crippen molar-refractivity contribution in [3.05, 3.63) is 36.5 Å². The van der Waals surface area contributed by atoms with Gasteiger partial charge in [-0.15, -0.1) is 0 Å². The van der Waals surface area contributed by atoms with E-state index in [9.17, 15) is 19.8 Å². The maximum absolute atomic E-state index is 12.5. The number of carbonyl (C=O) groups excluding carboxylic acids is 2. The van der Waals surface area contributed by atoms with Gasteiger partial charge in [0.15, 0.2) is 0 Å². The molecule has 2 unspecified atom stereocenters. The smallest absolute Gasteiger partial charge is 0.305 e. The van der Waals surface area contributed by atoms with Crippen LogP contribution in [0.15, 0.2) is 36.5 Å². The Balaban J connectivity index is 3.32. The van der Waals surface area contributed by atoms with Gasteiger partial charge in [0, 0.05) is 12.8 Å². The van der Waals surface area contributed by atoms with Crippen molar-refractivity contribution in [2.75, 3.05) is 13.2 Å². The number of rotatable bonds is 72. The number of nitrogens with one attached hydrogen (secondary N) is 1. The van der Waals surface area contributed by atoms with Crippen molar-refractivity contribution < 1.29 is 24.5 Å². The van der Waals surface area contributed by atoms with Crippen LogP contribution in [0.25, 0.3) is 0 Å². The van der Waals surface area contributed by atoms with Crippen molar-refractivity contribution in [3.8, 4) is 0 Å². The van der Waals surface area contributed by atoms with E-state index in [2.05, 4.69) is 55.6 Å². The SMILES string of the molecule is CCCCCC/C=C\C/C=C\CCCCCCCC(=O)OCCCCCCCCCCCCCCCCCC/C=C\CCCCCCCCCCCCCCCCCCCC(=O)NC(CO)C(O)CCCCCCCCCCCCCCCC. The van der Waals surface area contributed by atoms with Crippen LogP contribution in [-0.2, 0) is 14.3 Å². The van der Waals surface area contributed by atoms with Gasteiger partial charge >= 0.3 is 5.97 Å². The standard InChI is InChI=1S/C78H149NO5/c1-3-5-7-9-11-13-15-17-19-44-48-52-56-60-64-68-72-78(83)84-73-69-65-61-57-53-49-45-42-40-38-36-34-32-30-28-26-24-22-20-21-23-25-27-29-31-33-35-37-39-41-43-47-51-55-59-63-67-71-77(82)79-75(74-80)76(81)70-66-62-58-54-50-46-18-16-14-12-10-8-6-4-2/h13,15,19-20,22,44,75-76,80-81H,3-12,14,16-18,21,23-43,45-74H2,1-2H3,(H,79,82)/b15-13-,22-20-,44-19-. The number of allylic oxidation sites excluding steroid dienone is 6. The van der Waals surface area contributed by atoms with E-state index < -0.39 is 12.1 Å². The molecular formula is C78H149NO5. The molecule has 6 heteroatoms. The minimum absolute atomic E-state index is 0.00840. The third kappa shape index (κ3) is 69.2. The molecule has 496 valence electrons. The van der Waals surface area contributed by atoms with E-state index in [1.807, 2.05) is 0 Å². The number of amides is 1. The Morgan fingerprint density at radius 3 is 0.929 bits per heavy atom. The highest BCUT2D eigenvalue weighted by molar-refractivity contribution is 5.76. The van der Waals surface area contributed by atoms with Crippen molar-refractivity contribution in [2.24, 2.45) is 0 Å². The molecule has 0 heterocycles. The average Bonchev–Trinajstić information content (AvgIpc) is 3.51. The number of hydrogen-bond donors (Lipinski definition) is 3. The van der Waals surface area contributed by atoms with Crippen molar-refractivity contribution in [3.63, 3.8) is 0 Å². The number of aliphatic hydroxyl groups is 2. The largest absolute Gasteiger partial charge is 0.466 e. The zero-order chi connectivity index (χ0) is 60.6. The number of unbranched alkanes of at least 4 members (excludes halogenated alkanes) is 55. The van der Waals surface area contributed by atoms with Crippen LogP contribution in [0, 0.1) is 0 Å². The second-order valence-corrected chi connectivity index (χ2v) is 26.3. The quantitative estimate of drug-likeness (QED) is 0.0320. The van der Waals surface area contributed by atoms with Gasteiger partial charge in [-0.2, -0.15) is 0 Å². The molecular weight excluding hydrogens is 1030 g/mol. The first-order chi connectivity index (χ1) is 41.5. The zero-order valence-corrected chi connectivity index (χ0v) is 56.9. The van der Waals surface area contributed by atoms with E-state index in [-0.39, 0.29) is 18.5 Å². The number of aliphatic hydroxyl groups excluding tert-OH is 2. The minimum atomic E-state index is -0.661. The van der Waals surface area contributed by atoms with Crippen LogP contribution in [0.5, 0.6) is 0 Å². The van der Waals surface area contributed by atoms with Crippen molar-refractivity contribution in [2.45, 2.75) is 437 Å². The molecule has 0 spiro atoms. The molecule has 0 fully saturated rings. The Kier molecular flexibility index (Phi) is 71.9. The summed E-state index contributed by atoms with van der Waals surface area (Å²) < 4.78 is 5.50. The van der Waals surface area contributed by atoms with Gasteiger partial charge in [0.2, 0.25) is 5.91 Å². The lowest BCUT2D eigenvalue weighted by atomic mass is 10.0. The molecule has 0 radical (unpaired) electrons. The summed E-state index contributed by atoms with van der Waals surface area (Å²) in [6.45, 7) is 4.96. The summed E-state index contributed by atoms with van der Waals surface area (Å²) in [5.74, 6) is -0.0200. The topological polar surface area (TPSA) is 95.9 Å². The van der Waals surface area contributed by atoms with Gasteiger partial charge in [-0.25, -0.2) is 0 Å². The van der Waals surface area contributed by atoms with E-state index in [1.165, 1.54) is 340 Å². The molecule has 0 aromatic heterocycles. The molecule has 0 aromatic carbocycles. The molecule has 0 aliphatic rings. The fraction of sp³-hybridized carbons (Fsp3) is 0.897. The average molecular weight is 1180 g/mol. The molecule has 0 bridgehead atoms. The Hall–Kier alpha value is -1.92. The lowest BCUT2D eigenvalue weighted by Crippen LogP contribution is -2.45. The lowest BCUT2D eigenvalue weighted by Gasteiger charge is -2.22. The number of esters is 1. The number of carbonyl (C=O) groups is 2. The lowest BCUT2D eigenvalue weighted by molar-refractivity contribution is -0.143. The fourth-order valence-electron chi connectivity index (χ4n) is 12.1. The summed E-state index contributed by atoms with van der Waals surface area (Å²) >= 11 is 0. The van der Waals surface area contributed by atoms with Crippen molar-refractivity contribution in [1.82, 2.24) is 5.32 Å². The maximum Gasteiger partial charge on any atom is 0.305 e. The van der Waals surface area contributed by atoms with Crippen LogP contribution in [-0.4, -0.2) is 47.4 Å². The van der Waals surface area contributed by atoms with E-state index in [4.69, 9.17) is 4.74 Å². The van der Waals surface area contributed by atoms with Gasteiger partial charge < -0.3 is 20.3 Å². The predicted molar refractivity (Wildman–Crippen MR) is 370 cm³/mol. The first kappa shape index (κ1) is 82.1. The minimum Gasteiger partial charge on any atom is -0.466 e. The maximum atomic E-state index is 12.5. The Morgan fingerprint density at radius 2 is 0.595 bits per heavy atom. The molecule has 0 saturated carbocycles. The van der Waals surface area contributed by atoms with Crippen molar-refractivity contribution >= 4 is 11.9 Å². The summed E-state index contributed by atoms with van der Waals surface area (Å²) in [4.78, 5) is 24.6. The predicted octanol–water partition coefficient (Wildman–Crippen LogP) is 25.0. The molecule has 0 aliphatic heterocycles. The molecule has 2 atom stereocenters. The van der Waals surface area contributed by atoms with Gasteiger partial charge in [-0.05, 0) is 83.5 Å². The monoisotopic (exact) mass is 1180 g/mol. The summed E-state index contributed by atoms with van der Waals surface area (Å²) in [5, 5.41) is 23.3. The van der Waals surface area contributed by atoms with Gasteiger partial charge in [0.05, 0.1) is 25.4 Å². The molecule has 0 saturated heterocycles. The zero-order valence-electron chi connectivity index (χ0n) is 56.9. The molecule has 0 aliphatic carbocycles. The van der Waals surface area contributed by atoms with E-state index in [1.54, 1.807) is 0 Å². The van der Waals surface area contributed by atoms with Gasteiger partial charge in [-0.3, -0.25) is 9.59 Å². The molecule has 6 nitrogen and oxygen atoms in total. The molecule has 0 aromatic rings. The third-order valence-electron chi connectivity index (χ3n) is 17.9. The van der Waals surface area contributed by atoms with Gasteiger partial charge in [-0.1, -0.05) is 365 Å². The second-order valence-electron chi connectivity index (χ2n) is 26.3. The second kappa shape index (κ2) is 73.5. The highest BCUT2D eigenvalue weighted by atomic mass is 16.5. The van der Waals surface area contributed by atoms with E-state index in [0.717, 1.165) is 51.4 Å². The summed E-state index contributed by atoms with van der Waals surface area (Å²) in [7, 11) is 0. The summed E-state index contributed by atoms with van der Waals surface area (Å²) in [6.07, 6.45) is 95.2. The first-order valence-electron chi connectivity index (χ1n) is 38.2. The van der Waals surface area contributed by atoms with Crippen LogP contribution >= 0.6 is 0 Å². The van der Waals surface area contributed by atoms with Crippen LogP contribution < -0.4 is 5.32 Å². The summed E-state index contributed by atoms with van der Waals surface area (Å²) in [6, 6.07) is -0.538. The Labute approximate surface area is 525 Å². The normalized spacial score (nSPS) is 12.7. The molecule has 1 amide bonds. The van der Waals surface area contributed by atoms with Crippen LogP contribution in [0.1, 0.15) is 425 Å². The van der Waals surface area contributed by atoms with Crippen molar-refractivity contribution in [1.29, 1.82) is 0 Å². The van der Waals surface area contributed by atoms with E-state index in [0.29, 0.717) is 25.9 Å². The highest BCUT2D eigenvalue weighted by Gasteiger charge is 2.20. The number of hydrogen-bond acceptors (Lipinski definition) is 5. The van der Waals surface area contributed by atoms with Crippen LogP contribution in [0.3, 0.4) is 0 Å². The van der Waals surface area contributed by atoms with Gasteiger partial charge in [0.25, 0.3) is 0 Å². The summed E-state index contributed by atoms with van der Waals surface area (Å²) in [5.41, 5.74) is 0. The first-order valence-corrected chi connectivity index (χ1v) is 38.2. The highest BCUT2D eigenvalue weighted by Crippen LogP contribution is 2.19. The molecule has 3 N–H and O–H groups in total. The third-order valence-corrected chi connectivity index (χ3v) is 17.9.